The lowest BCUT2D eigenvalue weighted by Crippen LogP contribution is -2.26. The molecule has 1 atom stereocenters. The predicted octanol–water partition coefficient (Wildman–Crippen LogP) is 3.59. The first-order chi connectivity index (χ1) is 9.44. The van der Waals surface area contributed by atoms with Crippen molar-refractivity contribution in [3.05, 3.63) is 65.0 Å². The molecule has 0 amide bonds. The SMILES string of the molecule is COc1cccc(F)c1C(C)(O)Cc1ccc(C)cc1. The molecule has 2 nitrogen and oxygen atoms in total. The molecule has 0 aliphatic carbocycles. The van der Waals surface area contributed by atoms with Crippen LogP contribution in [0.4, 0.5) is 4.39 Å². The first kappa shape index (κ1) is 14.5. The van der Waals surface area contributed by atoms with E-state index < -0.39 is 11.4 Å². The molecule has 0 heterocycles. The van der Waals surface area contributed by atoms with E-state index in [-0.39, 0.29) is 5.56 Å². The Labute approximate surface area is 118 Å². The van der Waals surface area contributed by atoms with E-state index in [4.69, 9.17) is 4.74 Å². The van der Waals surface area contributed by atoms with Crippen molar-refractivity contribution in [2.45, 2.75) is 25.9 Å². The summed E-state index contributed by atoms with van der Waals surface area (Å²) < 4.78 is 19.2. The van der Waals surface area contributed by atoms with Crippen LogP contribution in [0, 0.1) is 12.7 Å². The number of ether oxygens (including phenoxy) is 1. The second-order valence-corrected chi connectivity index (χ2v) is 5.25. The number of hydrogen-bond donors (Lipinski definition) is 1. The molecule has 3 heteroatoms. The molecule has 0 fully saturated rings. The Kier molecular flexibility index (Phi) is 4.09. The van der Waals surface area contributed by atoms with Crippen molar-refractivity contribution in [2.75, 3.05) is 7.11 Å². The number of benzene rings is 2. The van der Waals surface area contributed by atoms with Crippen molar-refractivity contribution in [1.82, 2.24) is 0 Å². The lowest BCUT2D eigenvalue weighted by Gasteiger charge is -2.26. The van der Waals surface area contributed by atoms with Gasteiger partial charge in [0.05, 0.1) is 18.3 Å². The van der Waals surface area contributed by atoms with Crippen molar-refractivity contribution >= 4 is 0 Å². The lowest BCUT2D eigenvalue weighted by molar-refractivity contribution is 0.0510. The van der Waals surface area contributed by atoms with Gasteiger partial charge in [0, 0.05) is 6.42 Å². The van der Waals surface area contributed by atoms with Crippen LogP contribution in [0.25, 0.3) is 0 Å². The molecule has 0 bridgehead atoms. The summed E-state index contributed by atoms with van der Waals surface area (Å²) in [5.41, 5.74) is 0.970. The van der Waals surface area contributed by atoms with E-state index in [1.54, 1.807) is 19.1 Å². The Hall–Kier alpha value is -1.87. The molecule has 0 aliphatic heterocycles. The van der Waals surface area contributed by atoms with Crippen molar-refractivity contribution in [1.29, 1.82) is 0 Å². The predicted molar refractivity (Wildman–Crippen MR) is 77.4 cm³/mol. The Bertz CT molecular complexity index is 588. The van der Waals surface area contributed by atoms with Gasteiger partial charge in [0.25, 0.3) is 0 Å². The van der Waals surface area contributed by atoms with Crippen molar-refractivity contribution in [2.24, 2.45) is 0 Å². The number of hydrogen-bond acceptors (Lipinski definition) is 2. The monoisotopic (exact) mass is 274 g/mol. The molecule has 1 unspecified atom stereocenters. The third kappa shape index (κ3) is 2.99. The molecule has 2 aromatic carbocycles. The smallest absolute Gasteiger partial charge is 0.133 e. The first-order valence-corrected chi connectivity index (χ1v) is 6.55. The zero-order valence-electron chi connectivity index (χ0n) is 12.0. The zero-order chi connectivity index (χ0) is 14.8. The average molecular weight is 274 g/mol. The van der Waals surface area contributed by atoms with Gasteiger partial charge in [-0.15, -0.1) is 0 Å². The van der Waals surface area contributed by atoms with Crippen LogP contribution in [-0.2, 0) is 12.0 Å². The van der Waals surface area contributed by atoms with Gasteiger partial charge in [-0.1, -0.05) is 35.9 Å². The van der Waals surface area contributed by atoms with Crippen molar-refractivity contribution in [3.63, 3.8) is 0 Å². The normalized spacial score (nSPS) is 13.8. The summed E-state index contributed by atoms with van der Waals surface area (Å²) in [4.78, 5) is 0. The average Bonchev–Trinajstić information content (AvgIpc) is 2.40. The van der Waals surface area contributed by atoms with Gasteiger partial charge in [-0.2, -0.15) is 0 Å². The van der Waals surface area contributed by atoms with E-state index in [1.807, 2.05) is 31.2 Å². The van der Waals surface area contributed by atoms with Gasteiger partial charge in [0.1, 0.15) is 11.6 Å². The van der Waals surface area contributed by atoms with Crippen LogP contribution in [-0.4, -0.2) is 12.2 Å². The van der Waals surface area contributed by atoms with Crippen molar-refractivity contribution < 1.29 is 14.2 Å². The summed E-state index contributed by atoms with van der Waals surface area (Å²) in [5.74, 6) is -0.0939. The maximum absolute atomic E-state index is 14.1. The number of aryl methyl sites for hydroxylation is 1. The summed E-state index contributed by atoms with van der Waals surface area (Å²) in [6.45, 7) is 3.61. The molecule has 0 radical (unpaired) electrons. The van der Waals surface area contributed by atoms with E-state index in [0.29, 0.717) is 12.2 Å². The minimum Gasteiger partial charge on any atom is -0.496 e. The molecular formula is C17H19FO2. The second kappa shape index (κ2) is 5.63. The maximum atomic E-state index is 14.1. The van der Waals surface area contributed by atoms with E-state index in [1.165, 1.54) is 13.2 Å². The largest absolute Gasteiger partial charge is 0.496 e. The van der Waals surface area contributed by atoms with Crippen LogP contribution in [0.15, 0.2) is 42.5 Å². The number of methoxy groups -OCH3 is 1. The summed E-state index contributed by atoms with van der Waals surface area (Å²) in [7, 11) is 1.47. The molecule has 1 N–H and O–H groups in total. The van der Waals surface area contributed by atoms with E-state index in [9.17, 15) is 9.50 Å². The van der Waals surface area contributed by atoms with Gasteiger partial charge in [-0.3, -0.25) is 0 Å². The molecule has 2 rings (SSSR count). The number of rotatable bonds is 4. The highest BCUT2D eigenvalue weighted by molar-refractivity contribution is 5.40. The molecule has 0 spiro atoms. The fourth-order valence-electron chi connectivity index (χ4n) is 2.39. The van der Waals surface area contributed by atoms with Gasteiger partial charge in [0.2, 0.25) is 0 Å². The number of halogens is 1. The first-order valence-electron chi connectivity index (χ1n) is 6.55. The molecule has 0 aliphatic rings. The fraction of sp³-hybridized carbons (Fsp3) is 0.294. The highest BCUT2D eigenvalue weighted by Crippen LogP contribution is 2.34. The molecule has 106 valence electrons. The van der Waals surface area contributed by atoms with E-state index in [0.717, 1.165) is 11.1 Å². The van der Waals surface area contributed by atoms with Gasteiger partial charge in [-0.05, 0) is 31.5 Å². The van der Waals surface area contributed by atoms with Gasteiger partial charge in [0.15, 0.2) is 0 Å². The minimum atomic E-state index is -1.33. The Balaban J connectivity index is 2.37. The third-order valence-electron chi connectivity index (χ3n) is 3.40. The topological polar surface area (TPSA) is 29.5 Å². The van der Waals surface area contributed by atoms with E-state index >= 15 is 0 Å². The van der Waals surface area contributed by atoms with Gasteiger partial charge >= 0.3 is 0 Å². The zero-order valence-corrected chi connectivity index (χ0v) is 12.0. The van der Waals surface area contributed by atoms with E-state index in [2.05, 4.69) is 0 Å². The molecule has 0 aromatic heterocycles. The summed E-state index contributed by atoms with van der Waals surface area (Å²) in [6.07, 6.45) is 0.324. The highest BCUT2D eigenvalue weighted by atomic mass is 19.1. The third-order valence-corrected chi connectivity index (χ3v) is 3.40. The maximum Gasteiger partial charge on any atom is 0.133 e. The summed E-state index contributed by atoms with van der Waals surface area (Å²) in [5, 5.41) is 10.7. The molecule has 0 saturated heterocycles. The van der Waals surface area contributed by atoms with Crippen LogP contribution < -0.4 is 4.74 Å². The quantitative estimate of drug-likeness (QED) is 0.923. The Morgan fingerprint density at radius 2 is 1.80 bits per heavy atom. The van der Waals surface area contributed by atoms with Crippen LogP contribution >= 0.6 is 0 Å². The number of aliphatic hydroxyl groups is 1. The highest BCUT2D eigenvalue weighted by Gasteiger charge is 2.30. The summed E-state index contributed by atoms with van der Waals surface area (Å²) in [6, 6.07) is 12.4. The molecule has 2 aromatic rings. The van der Waals surface area contributed by atoms with Gasteiger partial charge < -0.3 is 9.84 Å². The van der Waals surface area contributed by atoms with Crippen LogP contribution in [0.5, 0.6) is 5.75 Å². The lowest BCUT2D eigenvalue weighted by atomic mass is 9.88. The Morgan fingerprint density at radius 3 is 2.40 bits per heavy atom. The van der Waals surface area contributed by atoms with Crippen LogP contribution in [0.3, 0.4) is 0 Å². The summed E-state index contributed by atoms with van der Waals surface area (Å²) >= 11 is 0. The minimum absolute atomic E-state index is 0.197. The van der Waals surface area contributed by atoms with Gasteiger partial charge in [-0.25, -0.2) is 4.39 Å². The molecule has 0 saturated carbocycles. The molecular weight excluding hydrogens is 255 g/mol. The van der Waals surface area contributed by atoms with Crippen LogP contribution in [0.2, 0.25) is 0 Å². The molecule has 20 heavy (non-hydrogen) atoms. The van der Waals surface area contributed by atoms with Crippen molar-refractivity contribution in [3.8, 4) is 5.75 Å². The second-order valence-electron chi connectivity index (χ2n) is 5.25. The fourth-order valence-corrected chi connectivity index (χ4v) is 2.39. The standard InChI is InChI=1S/C17H19FO2/c1-12-7-9-13(10-8-12)11-17(2,19)16-14(18)5-4-6-15(16)20-3/h4-10,19H,11H2,1-3H3. The van der Waals surface area contributed by atoms with Crippen LogP contribution in [0.1, 0.15) is 23.6 Å². The Morgan fingerprint density at radius 1 is 1.15 bits per heavy atom.